The molecule has 0 aliphatic carbocycles. The molecule has 0 spiro atoms. The van der Waals surface area contributed by atoms with Crippen molar-refractivity contribution in [3.63, 3.8) is 0 Å². The highest BCUT2D eigenvalue weighted by molar-refractivity contribution is 5.83. The summed E-state index contributed by atoms with van der Waals surface area (Å²) in [7, 11) is 0. The van der Waals surface area contributed by atoms with E-state index in [0.29, 0.717) is 0 Å². The summed E-state index contributed by atoms with van der Waals surface area (Å²) in [5, 5.41) is 8.73. The summed E-state index contributed by atoms with van der Waals surface area (Å²) in [4.78, 5) is 0. The molecular weight excluding hydrogens is 152 g/mol. The van der Waals surface area contributed by atoms with Crippen molar-refractivity contribution in [3.8, 4) is 0 Å². The molecule has 0 saturated carbocycles. The minimum atomic E-state index is 0.923. The maximum absolute atomic E-state index is 4.37. The third-order valence-corrected chi connectivity index (χ3v) is 2.10. The molecule has 64 valence electrons. The van der Waals surface area contributed by atoms with Crippen molar-refractivity contribution in [2.45, 2.75) is 33.7 Å². The maximum atomic E-state index is 4.37. The Morgan fingerprint density at radius 3 is 2.92 bits per heavy atom. The smallest absolute Gasteiger partial charge is 0.114 e. The van der Waals surface area contributed by atoms with Gasteiger partial charge in [0.2, 0.25) is 0 Å². The first-order valence-electron chi connectivity index (χ1n) is 4.25. The van der Waals surface area contributed by atoms with Crippen LogP contribution in [-0.2, 0) is 13.0 Å². The highest BCUT2D eigenvalue weighted by atomic mass is 15.5. The van der Waals surface area contributed by atoms with Crippen LogP contribution < -0.4 is 4.68 Å². The van der Waals surface area contributed by atoms with Crippen molar-refractivity contribution in [2.24, 2.45) is 5.10 Å². The molecule has 1 aromatic rings. The fourth-order valence-electron chi connectivity index (χ4n) is 1.56. The summed E-state index contributed by atoms with van der Waals surface area (Å²) in [5.41, 5.74) is 1.16. The summed E-state index contributed by atoms with van der Waals surface area (Å²) in [6.45, 7) is 7.05. The van der Waals surface area contributed by atoms with Crippen LogP contribution in [0.4, 0.5) is 0 Å². The predicted molar refractivity (Wildman–Crippen MR) is 45.0 cm³/mol. The second-order valence-electron chi connectivity index (χ2n) is 3.10. The lowest BCUT2D eigenvalue weighted by molar-refractivity contribution is -0.687. The number of rotatable bonds is 1. The van der Waals surface area contributed by atoms with Gasteiger partial charge in [0, 0.05) is 12.0 Å². The van der Waals surface area contributed by atoms with E-state index in [9.17, 15) is 0 Å². The number of hydrogen-bond donors (Lipinski definition) is 0. The van der Waals surface area contributed by atoms with Gasteiger partial charge in [0.1, 0.15) is 6.54 Å². The van der Waals surface area contributed by atoms with E-state index in [2.05, 4.69) is 17.1 Å². The number of aromatic nitrogens is 3. The molecule has 12 heavy (non-hydrogen) atoms. The van der Waals surface area contributed by atoms with Crippen LogP contribution in [0.5, 0.6) is 0 Å². The standard InChI is InChI=1S/C8H13N4/c1-4-11-8-5-6(2)9-12(8)7(3)10-11/h4-5H2,1-3H3/q+1. The van der Waals surface area contributed by atoms with Crippen LogP contribution >= 0.6 is 0 Å². The van der Waals surface area contributed by atoms with Gasteiger partial charge < -0.3 is 0 Å². The minimum absolute atomic E-state index is 0.923. The number of aryl methyl sites for hydroxylation is 2. The van der Waals surface area contributed by atoms with Gasteiger partial charge in [-0.15, -0.1) is 14.5 Å². The van der Waals surface area contributed by atoms with Gasteiger partial charge in [-0.2, -0.15) is 0 Å². The summed E-state index contributed by atoms with van der Waals surface area (Å²) < 4.78 is 3.94. The van der Waals surface area contributed by atoms with E-state index in [-0.39, 0.29) is 0 Å². The van der Waals surface area contributed by atoms with E-state index in [1.54, 1.807) is 0 Å². The number of hydrogen-bond acceptors (Lipinski definition) is 2. The predicted octanol–water partition coefficient (Wildman–Crippen LogP) is 0.279. The Labute approximate surface area is 71.5 Å². The maximum Gasteiger partial charge on any atom is 0.298 e. The normalized spacial score (nSPS) is 14.8. The van der Waals surface area contributed by atoms with Gasteiger partial charge in [-0.3, -0.25) is 0 Å². The Bertz CT molecular complexity index is 348. The molecule has 0 saturated heterocycles. The van der Waals surface area contributed by atoms with E-state index in [0.717, 1.165) is 24.5 Å². The molecule has 0 aromatic carbocycles. The van der Waals surface area contributed by atoms with Crippen molar-refractivity contribution >= 4 is 5.71 Å². The van der Waals surface area contributed by atoms with Crippen LogP contribution in [0.1, 0.15) is 25.5 Å². The van der Waals surface area contributed by atoms with E-state index in [1.807, 2.05) is 23.2 Å². The van der Waals surface area contributed by atoms with Crippen LogP contribution in [0.3, 0.4) is 0 Å². The van der Waals surface area contributed by atoms with Crippen molar-refractivity contribution in [2.75, 3.05) is 0 Å². The third kappa shape index (κ3) is 0.873. The molecule has 4 nitrogen and oxygen atoms in total. The molecule has 1 aromatic heterocycles. The first-order valence-corrected chi connectivity index (χ1v) is 4.25. The van der Waals surface area contributed by atoms with Gasteiger partial charge >= 0.3 is 0 Å². The van der Waals surface area contributed by atoms with Gasteiger partial charge in [-0.05, 0) is 13.8 Å². The van der Waals surface area contributed by atoms with Gasteiger partial charge in [0.15, 0.2) is 0 Å². The summed E-state index contributed by atoms with van der Waals surface area (Å²) in [5.74, 6) is 2.18. The molecule has 0 N–H and O–H groups in total. The van der Waals surface area contributed by atoms with Crippen molar-refractivity contribution in [1.29, 1.82) is 0 Å². The molecule has 0 amide bonds. The van der Waals surface area contributed by atoms with E-state index in [4.69, 9.17) is 0 Å². The second-order valence-corrected chi connectivity index (χ2v) is 3.10. The Hall–Kier alpha value is -1.19. The zero-order valence-corrected chi connectivity index (χ0v) is 7.70. The Morgan fingerprint density at radius 2 is 2.25 bits per heavy atom. The molecule has 0 radical (unpaired) electrons. The topological polar surface area (TPSA) is 34.1 Å². The molecule has 2 rings (SSSR count). The van der Waals surface area contributed by atoms with Gasteiger partial charge in [-0.1, -0.05) is 0 Å². The molecule has 2 heterocycles. The van der Waals surface area contributed by atoms with E-state index >= 15 is 0 Å². The van der Waals surface area contributed by atoms with Gasteiger partial charge in [0.25, 0.3) is 11.6 Å². The third-order valence-electron chi connectivity index (χ3n) is 2.10. The molecule has 0 unspecified atom stereocenters. The second kappa shape index (κ2) is 2.40. The van der Waals surface area contributed by atoms with E-state index in [1.165, 1.54) is 5.82 Å². The minimum Gasteiger partial charge on any atom is -0.114 e. The highest BCUT2D eigenvalue weighted by Gasteiger charge is 2.27. The fraction of sp³-hybridized carbons (Fsp3) is 0.625. The highest BCUT2D eigenvalue weighted by Crippen LogP contribution is 2.04. The average Bonchev–Trinajstić information content (AvgIpc) is 2.52. The number of fused-ring (bicyclic) bond motifs is 1. The molecule has 1 aliphatic heterocycles. The lowest BCUT2D eigenvalue weighted by atomic mass is 10.3. The molecule has 1 aliphatic rings. The van der Waals surface area contributed by atoms with Crippen LogP contribution in [-0.4, -0.2) is 15.5 Å². The molecular formula is C8H13N4+. The van der Waals surface area contributed by atoms with E-state index < -0.39 is 0 Å². The van der Waals surface area contributed by atoms with Gasteiger partial charge in [0.05, 0.1) is 12.1 Å². The van der Waals surface area contributed by atoms with Crippen molar-refractivity contribution in [1.82, 2.24) is 9.78 Å². The first kappa shape index (κ1) is 7.46. The van der Waals surface area contributed by atoms with Crippen LogP contribution in [0.2, 0.25) is 0 Å². The lowest BCUT2D eigenvalue weighted by Crippen LogP contribution is -2.30. The summed E-state index contributed by atoms with van der Waals surface area (Å²) in [6, 6.07) is 0. The zero-order valence-electron chi connectivity index (χ0n) is 7.70. The van der Waals surface area contributed by atoms with Crippen molar-refractivity contribution in [3.05, 3.63) is 11.6 Å². The Morgan fingerprint density at radius 1 is 1.50 bits per heavy atom. The van der Waals surface area contributed by atoms with Crippen LogP contribution in [0.25, 0.3) is 0 Å². The molecule has 4 heteroatoms. The summed E-state index contributed by atoms with van der Waals surface area (Å²) >= 11 is 0. The monoisotopic (exact) mass is 165 g/mol. The molecule has 0 fully saturated rings. The van der Waals surface area contributed by atoms with Gasteiger partial charge in [-0.25, -0.2) is 0 Å². The number of nitrogens with zero attached hydrogens (tertiary/aromatic N) is 4. The summed E-state index contributed by atoms with van der Waals surface area (Å²) in [6.07, 6.45) is 0.939. The molecule has 0 atom stereocenters. The Kier molecular flexibility index (Phi) is 1.49. The quantitative estimate of drug-likeness (QED) is 0.550. The SMILES string of the molecule is CCn1nc(C)[n+]2c1CC(C)=N2. The lowest BCUT2D eigenvalue weighted by Gasteiger charge is -1.87. The van der Waals surface area contributed by atoms with Crippen LogP contribution in [0.15, 0.2) is 5.10 Å². The van der Waals surface area contributed by atoms with Crippen molar-refractivity contribution < 1.29 is 4.68 Å². The average molecular weight is 165 g/mol. The molecule has 0 bridgehead atoms. The van der Waals surface area contributed by atoms with Crippen LogP contribution in [0, 0.1) is 6.92 Å². The Balaban J connectivity index is 2.54. The fourth-order valence-corrected chi connectivity index (χ4v) is 1.56. The zero-order chi connectivity index (χ0) is 8.72. The first-order chi connectivity index (χ1) is 5.72. The largest absolute Gasteiger partial charge is 0.298 e.